The van der Waals surface area contributed by atoms with E-state index < -0.39 is 0 Å². The van der Waals surface area contributed by atoms with Crippen LogP contribution < -0.4 is 14.8 Å². The molecule has 0 aliphatic carbocycles. The van der Waals surface area contributed by atoms with E-state index in [1.54, 1.807) is 7.11 Å². The van der Waals surface area contributed by atoms with E-state index in [-0.39, 0.29) is 0 Å². The van der Waals surface area contributed by atoms with Crippen LogP contribution in [0.2, 0.25) is 0 Å². The van der Waals surface area contributed by atoms with Crippen molar-refractivity contribution in [2.24, 2.45) is 0 Å². The van der Waals surface area contributed by atoms with E-state index in [1.807, 2.05) is 24.3 Å². The van der Waals surface area contributed by atoms with Gasteiger partial charge in [-0.25, -0.2) is 0 Å². The third-order valence-corrected chi connectivity index (χ3v) is 3.62. The van der Waals surface area contributed by atoms with E-state index in [2.05, 4.69) is 23.5 Å². The van der Waals surface area contributed by atoms with Gasteiger partial charge in [0.15, 0.2) is 0 Å². The molecule has 0 saturated heterocycles. The van der Waals surface area contributed by atoms with Gasteiger partial charge >= 0.3 is 0 Å². The van der Waals surface area contributed by atoms with Crippen LogP contribution in [0.5, 0.6) is 11.5 Å². The maximum Gasteiger partial charge on any atom is 0.120 e. The molecule has 0 bridgehead atoms. The molecule has 2 aromatic rings. The Labute approximate surface area is 119 Å². The van der Waals surface area contributed by atoms with E-state index in [0.29, 0.717) is 6.61 Å². The molecule has 20 heavy (non-hydrogen) atoms. The first-order valence-electron chi connectivity index (χ1n) is 6.98. The lowest BCUT2D eigenvalue weighted by Crippen LogP contribution is -2.14. The van der Waals surface area contributed by atoms with Gasteiger partial charge in [0.05, 0.1) is 7.11 Å². The number of benzene rings is 2. The Bertz CT molecular complexity index is 578. The Morgan fingerprint density at radius 3 is 2.65 bits per heavy atom. The van der Waals surface area contributed by atoms with Crippen LogP contribution in [0.25, 0.3) is 0 Å². The second-order valence-corrected chi connectivity index (χ2v) is 4.95. The van der Waals surface area contributed by atoms with Gasteiger partial charge < -0.3 is 14.8 Å². The number of methoxy groups -OCH3 is 1. The van der Waals surface area contributed by atoms with Gasteiger partial charge in [-0.05, 0) is 42.7 Å². The van der Waals surface area contributed by atoms with Crippen LogP contribution in [-0.4, -0.2) is 13.7 Å². The van der Waals surface area contributed by atoms with E-state index in [1.165, 1.54) is 23.2 Å². The summed E-state index contributed by atoms with van der Waals surface area (Å²) in [6, 6.07) is 14.1. The molecule has 3 heteroatoms. The zero-order valence-corrected chi connectivity index (χ0v) is 11.7. The molecular weight excluding hydrogens is 250 g/mol. The average Bonchev–Trinajstić information content (AvgIpc) is 2.53. The molecule has 0 atom stereocenters. The van der Waals surface area contributed by atoms with Gasteiger partial charge in [-0.15, -0.1) is 0 Å². The number of aryl methyl sites for hydroxylation is 1. The van der Waals surface area contributed by atoms with Crippen molar-refractivity contribution >= 4 is 5.69 Å². The molecule has 104 valence electrons. The Morgan fingerprint density at radius 1 is 1.05 bits per heavy atom. The number of para-hydroxylation sites is 1. The van der Waals surface area contributed by atoms with Crippen LogP contribution in [0.4, 0.5) is 5.69 Å². The van der Waals surface area contributed by atoms with Gasteiger partial charge in [-0.3, -0.25) is 0 Å². The summed E-state index contributed by atoms with van der Waals surface area (Å²) in [5.74, 6) is 1.70. The van der Waals surface area contributed by atoms with Gasteiger partial charge in [0.1, 0.15) is 18.1 Å². The maximum absolute atomic E-state index is 5.86. The summed E-state index contributed by atoms with van der Waals surface area (Å²) >= 11 is 0. The zero-order chi connectivity index (χ0) is 13.8. The number of nitrogens with one attached hydrogen (secondary N) is 1. The second-order valence-electron chi connectivity index (χ2n) is 4.95. The predicted octanol–water partition coefficient (Wildman–Crippen LogP) is 3.63. The maximum atomic E-state index is 5.86. The second kappa shape index (κ2) is 5.87. The molecule has 1 aliphatic heterocycles. The first-order chi connectivity index (χ1) is 9.86. The van der Waals surface area contributed by atoms with Gasteiger partial charge in [-0.2, -0.15) is 0 Å². The largest absolute Gasteiger partial charge is 0.497 e. The highest BCUT2D eigenvalue weighted by Gasteiger charge is 2.12. The molecule has 0 radical (unpaired) electrons. The average molecular weight is 269 g/mol. The monoisotopic (exact) mass is 269 g/mol. The van der Waals surface area contributed by atoms with Crippen molar-refractivity contribution in [2.75, 3.05) is 19.0 Å². The quantitative estimate of drug-likeness (QED) is 0.919. The van der Waals surface area contributed by atoms with Gasteiger partial charge in [-0.1, -0.05) is 18.2 Å². The molecule has 0 unspecified atom stereocenters. The Morgan fingerprint density at radius 2 is 1.85 bits per heavy atom. The first-order valence-corrected chi connectivity index (χ1v) is 6.98. The molecule has 2 aromatic carbocycles. The SMILES string of the molecule is COc1ccc(OCc2cccc3c2NCCC3)cc1. The van der Waals surface area contributed by atoms with Crippen LogP contribution in [-0.2, 0) is 13.0 Å². The van der Waals surface area contributed by atoms with Gasteiger partial charge in [0.25, 0.3) is 0 Å². The predicted molar refractivity (Wildman–Crippen MR) is 80.6 cm³/mol. The molecule has 0 amide bonds. The molecule has 0 spiro atoms. The number of anilines is 1. The highest BCUT2D eigenvalue weighted by Crippen LogP contribution is 2.27. The van der Waals surface area contributed by atoms with Crippen molar-refractivity contribution in [3.63, 3.8) is 0 Å². The molecule has 0 fully saturated rings. The topological polar surface area (TPSA) is 30.5 Å². The van der Waals surface area contributed by atoms with Crippen LogP contribution in [0.3, 0.4) is 0 Å². The van der Waals surface area contributed by atoms with Crippen molar-refractivity contribution in [1.29, 1.82) is 0 Å². The fourth-order valence-corrected chi connectivity index (χ4v) is 2.53. The fraction of sp³-hybridized carbons (Fsp3) is 0.294. The third-order valence-electron chi connectivity index (χ3n) is 3.62. The van der Waals surface area contributed by atoms with Gasteiger partial charge in [0.2, 0.25) is 0 Å². The molecule has 3 nitrogen and oxygen atoms in total. The zero-order valence-electron chi connectivity index (χ0n) is 11.7. The van der Waals surface area contributed by atoms with Crippen molar-refractivity contribution in [3.05, 3.63) is 53.6 Å². The van der Waals surface area contributed by atoms with Crippen molar-refractivity contribution in [2.45, 2.75) is 19.4 Å². The highest BCUT2D eigenvalue weighted by atomic mass is 16.5. The molecule has 0 saturated carbocycles. The lowest BCUT2D eigenvalue weighted by molar-refractivity contribution is 0.306. The summed E-state index contributed by atoms with van der Waals surface area (Å²) < 4.78 is 11.0. The van der Waals surface area contributed by atoms with E-state index in [0.717, 1.165) is 24.5 Å². The molecule has 3 rings (SSSR count). The minimum atomic E-state index is 0.586. The Balaban J connectivity index is 1.71. The minimum Gasteiger partial charge on any atom is -0.497 e. The minimum absolute atomic E-state index is 0.586. The van der Waals surface area contributed by atoms with Crippen LogP contribution in [0.15, 0.2) is 42.5 Å². The van der Waals surface area contributed by atoms with Crippen LogP contribution in [0, 0.1) is 0 Å². The Hall–Kier alpha value is -2.16. The Kier molecular flexibility index (Phi) is 3.77. The van der Waals surface area contributed by atoms with E-state index >= 15 is 0 Å². The molecule has 1 N–H and O–H groups in total. The summed E-state index contributed by atoms with van der Waals surface area (Å²) in [5, 5.41) is 3.49. The first kappa shape index (κ1) is 12.9. The molecule has 1 aliphatic rings. The standard InChI is InChI=1S/C17H19NO2/c1-19-15-7-9-16(10-8-15)20-12-14-5-2-4-13-6-3-11-18-17(13)14/h2,4-5,7-10,18H,3,6,11-12H2,1H3. The summed E-state index contributed by atoms with van der Waals surface area (Å²) in [7, 11) is 1.66. The summed E-state index contributed by atoms with van der Waals surface area (Å²) in [4.78, 5) is 0. The van der Waals surface area contributed by atoms with Gasteiger partial charge in [0, 0.05) is 17.8 Å². The van der Waals surface area contributed by atoms with E-state index in [4.69, 9.17) is 9.47 Å². The number of hydrogen-bond donors (Lipinski definition) is 1. The highest BCUT2D eigenvalue weighted by molar-refractivity contribution is 5.59. The van der Waals surface area contributed by atoms with E-state index in [9.17, 15) is 0 Å². The third kappa shape index (κ3) is 2.72. The summed E-state index contributed by atoms with van der Waals surface area (Å²) in [6.07, 6.45) is 2.36. The summed E-state index contributed by atoms with van der Waals surface area (Å²) in [5.41, 5.74) is 3.87. The normalized spacial score (nSPS) is 13.2. The van der Waals surface area contributed by atoms with Crippen LogP contribution >= 0.6 is 0 Å². The molecule has 0 aromatic heterocycles. The summed E-state index contributed by atoms with van der Waals surface area (Å²) in [6.45, 7) is 1.63. The fourth-order valence-electron chi connectivity index (χ4n) is 2.53. The van der Waals surface area contributed by atoms with Crippen molar-refractivity contribution in [1.82, 2.24) is 0 Å². The van der Waals surface area contributed by atoms with Crippen molar-refractivity contribution < 1.29 is 9.47 Å². The molecular formula is C17H19NO2. The molecule has 1 heterocycles. The lowest BCUT2D eigenvalue weighted by atomic mass is 10.00. The number of fused-ring (bicyclic) bond motifs is 1. The number of hydrogen-bond acceptors (Lipinski definition) is 3. The number of rotatable bonds is 4. The van der Waals surface area contributed by atoms with Crippen molar-refractivity contribution in [3.8, 4) is 11.5 Å². The van der Waals surface area contributed by atoms with Crippen LogP contribution in [0.1, 0.15) is 17.5 Å². The number of ether oxygens (including phenoxy) is 2. The lowest BCUT2D eigenvalue weighted by Gasteiger charge is -2.21. The smallest absolute Gasteiger partial charge is 0.120 e.